The molecule has 0 heterocycles. The third-order valence-corrected chi connectivity index (χ3v) is 3.40. The lowest BCUT2D eigenvalue weighted by atomic mass is 10.1. The smallest absolute Gasteiger partial charge is 0.292 e. The van der Waals surface area contributed by atoms with Gasteiger partial charge in [0.2, 0.25) is 0 Å². The Bertz CT molecular complexity index is 614. The molecule has 0 aliphatic carbocycles. The van der Waals surface area contributed by atoms with Crippen LogP contribution in [0.3, 0.4) is 0 Å². The SMILES string of the molecule is CCN(Cc1ccc([N+](=O)[O-])c(NC)c1)c1ccccc1. The maximum Gasteiger partial charge on any atom is 0.292 e. The number of nitro benzene ring substituents is 1. The Morgan fingerprint density at radius 2 is 1.90 bits per heavy atom. The lowest BCUT2D eigenvalue weighted by Crippen LogP contribution is -2.21. The summed E-state index contributed by atoms with van der Waals surface area (Å²) in [7, 11) is 1.70. The van der Waals surface area contributed by atoms with Crippen LogP contribution < -0.4 is 10.2 Å². The molecule has 21 heavy (non-hydrogen) atoms. The molecule has 0 bridgehead atoms. The molecule has 0 saturated carbocycles. The van der Waals surface area contributed by atoms with Gasteiger partial charge in [0.25, 0.3) is 5.69 Å². The van der Waals surface area contributed by atoms with Gasteiger partial charge in [0.1, 0.15) is 5.69 Å². The highest BCUT2D eigenvalue weighted by Gasteiger charge is 2.14. The Balaban J connectivity index is 2.24. The van der Waals surface area contributed by atoms with E-state index in [-0.39, 0.29) is 10.6 Å². The van der Waals surface area contributed by atoms with Crippen LogP contribution in [0, 0.1) is 10.1 Å². The maximum absolute atomic E-state index is 10.9. The summed E-state index contributed by atoms with van der Waals surface area (Å²) in [6, 6.07) is 15.3. The van der Waals surface area contributed by atoms with Crippen molar-refractivity contribution in [3.63, 3.8) is 0 Å². The molecule has 0 aliphatic rings. The highest BCUT2D eigenvalue weighted by Crippen LogP contribution is 2.26. The lowest BCUT2D eigenvalue weighted by molar-refractivity contribution is -0.383. The van der Waals surface area contributed by atoms with E-state index in [9.17, 15) is 10.1 Å². The summed E-state index contributed by atoms with van der Waals surface area (Å²) in [5.41, 5.74) is 2.82. The number of para-hydroxylation sites is 1. The quantitative estimate of drug-likeness (QED) is 0.650. The topological polar surface area (TPSA) is 58.4 Å². The van der Waals surface area contributed by atoms with E-state index in [2.05, 4.69) is 29.3 Å². The molecule has 0 saturated heterocycles. The van der Waals surface area contributed by atoms with Crippen molar-refractivity contribution in [3.8, 4) is 0 Å². The number of nitrogens with zero attached hydrogens (tertiary/aromatic N) is 2. The first kappa shape index (κ1) is 14.8. The number of rotatable bonds is 6. The zero-order valence-corrected chi connectivity index (χ0v) is 12.2. The molecule has 1 N–H and O–H groups in total. The van der Waals surface area contributed by atoms with E-state index in [1.54, 1.807) is 13.1 Å². The summed E-state index contributed by atoms with van der Waals surface area (Å²) in [4.78, 5) is 12.8. The zero-order chi connectivity index (χ0) is 15.2. The third kappa shape index (κ3) is 3.51. The molecule has 2 rings (SSSR count). The number of hydrogen-bond acceptors (Lipinski definition) is 4. The van der Waals surface area contributed by atoms with Crippen LogP contribution in [0.2, 0.25) is 0 Å². The number of nitrogens with one attached hydrogen (secondary N) is 1. The average Bonchev–Trinajstić information content (AvgIpc) is 2.53. The van der Waals surface area contributed by atoms with Crippen molar-refractivity contribution in [1.29, 1.82) is 0 Å². The van der Waals surface area contributed by atoms with Gasteiger partial charge in [-0.2, -0.15) is 0 Å². The van der Waals surface area contributed by atoms with E-state index in [1.807, 2.05) is 30.3 Å². The van der Waals surface area contributed by atoms with Crippen molar-refractivity contribution in [1.82, 2.24) is 0 Å². The lowest BCUT2D eigenvalue weighted by Gasteiger charge is -2.23. The molecule has 2 aromatic rings. The second-order valence-electron chi connectivity index (χ2n) is 4.71. The highest BCUT2D eigenvalue weighted by atomic mass is 16.6. The monoisotopic (exact) mass is 285 g/mol. The van der Waals surface area contributed by atoms with Gasteiger partial charge in [-0.3, -0.25) is 10.1 Å². The molecule has 2 aromatic carbocycles. The van der Waals surface area contributed by atoms with E-state index in [4.69, 9.17) is 0 Å². The van der Waals surface area contributed by atoms with Crippen LogP contribution >= 0.6 is 0 Å². The molecular formula is C16H19N3O2. The molecule has 0 radical (unpaired) electrons. The van der Waals surface area contributed by atoms with Crippen molar-refractivity contribution in [2.75, 3.05) is 23.8 Å². The molecule has 0 fully saturated rings. The Labute approximate surface area is 124 Å². The standard InChI is InChI=1S/C16H19N3O2/c1-3-18(14-7-5-4-6-8-14)12-13-9-10-16(19(20)21)15(11-13)17-2/h4-11,17H,3,12H2,1-2H3. The van der Waals surface area contributed by atoms with Gasteiger partial charge in [-0.1, -0.05) is 24.3 Å². The van der Waals surface area contributed by atoms with Gasteiger partial charge < -0.3 is 10.2 Å². The van der Waals surface area contributed by atoms with Crippen molar-refractivity contribution in [3.05, 3.63) is 64.2 Å². The third-order valence-electron chi connectivity index (χ3n) is 3.40. The minimum absolute atomic E-state index is 0.101. The van der Waals surface area contributed by atoms with Crippen LogP contribution in [0.25, 0.3) is 0 Å². The minimum Gasteiger partial charge on any atom is -0.383 e. The molecular weight excluding hydrogens is 266 g/mol. The average molecular weight is 285 g/mol. The fraction of sp³-hybridized carbons (Fsp3) is 0.250. The van der Waals surface area contributed by atoms with Crippen LogP contribution in [0.1, 0.15) is 12.5 Å². The van der Waals surface area contributed by atoms with Gasteiger partial charge in [-0.05, 0) is 30.7 Å². The van der Waals surface area contributed by atoms with E-state index in [0.29, 0.717) is 12.2 Å². The van der Waals surface area contributed by atoms with Crippen molar-refractivity contribution >= 4 is 17.1 Å². The van der Waals surface area contributed by atoms with E-state index >= 15 is 0 Å². The van der Waals surface area contributed by atoms with Gasteiger partial charge in [0.05, 0.1) is 4.92 Å². The van der Waals surface area contributed by atoms with Crippen molar-refractivity contribution < 1.29 is 4.92 Å². The Hall–Kier alpha value is -2.56. The minimum atomic E-state index is -0.371. The Morgan fingerprint density at radius 1 is 1.19 bits per heavy atom. The molecule has 0 spiro atoms. The van der Waals surface area contributed by atoms with Crippen LogP contribution in [-0.4, -0.2) is 18.5 Å². The molecule has 0 aromatic heterocycles. The van der Waals surface area contributed by atoms with Gasteiger partial charge in [0, 0.05) is 31.9 Å². The summed E-state index contributed by atoms with van der Waals surface area (Å²) in [5, 5.41) is 13.8. The number of hydrogen-bond donors (Lipinski definition) is 1. The van der Waals surface area contributed by atoms with Gasteiger partial charge in [0.15, 0.2) is 0 Å². The van der Waals surface area contributed by atoms with Crippen LogP contribution in [-0.2, 0) is 6.54 Å². The number of nitro groups is 1. The fourth-order valence-electron chi connectivity index (χ4n) is 2.29. The fourth-order valence-corrected chi connectivity index (χ4v) is 2.29. The van der Waals surface area contributed by atoms with Gasteiger partial charge >= 0.3 is 0 Å². The summed E-state index contributed by atoms with van der Waals surface area (Å²) in [6.45, 7) is 3.68. The predicted molar refractivity (Wildman–Crippen MR) is 85.8 cm³/mol. The first-order valence-electron chi connectivity index (χ1n) is 6.90. The van der Waals surface area contributed by atoms with Crippen molar-refractivity contribution in [2.45, 2.75) is 13.5 Å². The number of benzene rings is 2. The largest absolute Gasteiger partial charge is 0.383 e. The molecule has 5 nitrogen and oxygen atoms in total. The summed E-state index contributed by atoms with van der Waals surface area (Å²) in [5.74, 6) is 0. The molecule has 0 unspecified atom stereocenters. The zero-order valence-electron chi connectivity index (χ0n) is 12.2. The van der Waals surface area contributed by atoms with Crippen LogP contribution in [0.5, 0.6) is 0 Å². The molecule has 0 amide bonds. The Morgan fingerprint density at radius 3 is 2.48 bits per heavy atom. The summed E-state index contributed by atoms with van der Waals surface area (Å²) >= 11 is 0. The van der Waals surface area contributed by atoms with Crippen molar-refractivity contribution in [2.24, 2.45) is 0 Å². The Kier molecular flexibility index (Phi) is 4.77. The maximum atomic E-state index is 10.9. The summed E-state index contributed by atoms with van der Waals surface area (Å²) in [6.07, 6.45) is 0. The first-order valence-corrected chi connectivity index (χ1v) is 6.90. The normalized spacial score (nSPS) is 10.2. The van der Waals surface area contributed by atoms with Crippen LogP contribution in [0.15, 0.2) is 48.5 Å². The van der Waals surface area contributed by atoms with E-state index < -0.39 is 0 Å². The second-order valence-corrected chi connectivity index (χ2v) is 4.71. The van der Waals surface area contributed by atoms with E-state index in [0.717, 1.165) is 17.8 Å². The second kappa shape index (κ2) is 6.74. The highest BCUT2D eigenvalue weighted by molar-refractivity contribution is 5.62. The van der Waals surface area contributed by atoms with Gasteiger partial charge in [-0.25, -0.2) is 0 Å². The molecule has 5 heteroatoms. The molecule has 110 valence electrons. The number of anilines is 2. The molecule has 0 aliphatic heterocycles. The summed E-state index contributed by atoms with van der Waals surface area (Å²) < 4.78 is 0. The predicted octanol–water partition coefficient (Wildman–Crippen LogP) is 3.66. The van der Waals surface area contributed by atoms with Gasteiger partial charge in [-0.15, -0.1) is 0 Å². The molecule has 0 atom stereocenters. The van der Waals surface area contributed by atoms with Crippen LogP contribution in [0.4, 0.5) is 17.1 Å². The first-order chi connectivity index (χ1) is 10.2. The van der Waals surface area contributed by atoms with E-state index in [1.165, 1.54) is 0 Å².